The number of carbonyl (C=O) groups is 1. The monoisotopic (exact) mass is 331 g/mol. The Bertz CT molecular complexity index is 851. The Hall–Kier alpha value is -3.17. The molecule has 3 aromatic rings. The summed E-state index contributed by atoms with van der Waals surface area (Å²) in [5.41, 5.74) is 0.448. The molecular formula is C14H17N7O3. The van der Waals surface area contributed by atoms with Gasteiger partial charge < -0.3 is 9.94 Å². The van der Waals surface area contributed by atoms with E-state index < -0.39 is 11.7 Å². The van der Waals surface area contributed by atoms with Crippen LogP contribution in [-0.4, -0.2) is 47.5 Å². The van der Waals surface area contributed by atoms with Crippen molar-refractivity contribution < 1.29 is 14.7 Å². The zero-order chi connectivity index (χ0) is 17.3. The van der Waals surface area contributed by atoms with Gasteiger partial charge in [0.25, 0.3) is 0 Å². The summed E-state index contributed by atoms with van der Waals surface area (Å²) in [5, 5.41) is 27.6. The predicted octanol–water partition coefficient (Wildman–Crippen LogP) is 1.73. The second-order valence-electron chi connectivity index (χ2n) is 6.17. The number of aromatic amines is 1. The van der Waals surface area contributed by atoms with E-state index in [0.717, 1.165) is 4.85 Å². The number of hydrogen-bond acceptors (Lipinski definition) is 7. The van der Waals surface area contributed by atoms with Gasteiger partial charge in [0.1, 0.15) is 11.1 Å². The van der Waals surface area contributed by atoms with Crippen molar-refractivity contribution in [1.82, 2.24) is 30.6 Å². The molecule has 0 saturated heterocycles. The number of rotatable bonds is 3. The third kappa shape index (κ3) is 3.26. The summed E-state index contributed by atoms with van der Waals surface area (Å²) in [6.07, 6.45) is 0.962. The van der Waals surface area contributed by atoms with Crippen LogP contribution in [0.5, 0.6) is 0 Å². The second kappa shape index (κ2) is 5.80. The zero-order valence-electron chi connectivity index (χ0n) is 13.5. The summed E-state index contributed by atoms with van der Waals surface area (Å²) in [7, 11) is 0. The minimum absolute atomic E-state index is 0.0875. The minimum Gasteiger partial charge on any atom is -0.443 e. The number of benzene rings is 1. The van der Waals surface area contributed by atoms with E-state index in [1.807, 2.05) is 0 Å². The molecule has 10 nitrogen and oxygen atoms in total. The highest BCUT2D eigenvalue weighted by Gasteiger charge is 2.25. The van der Waals surface area contributed by atoms with Gasteiger partial charge in [-0.05, 0) is 39.0 Å². The molecular weight excluding hydrogens is 314 g/mol. The van der Waals surface area contributed by atoms with Gasteiger partial charge in [-0.2, -0.15) is 5.21 Å². The van der Waals surface area contributed by atoms with Crippen molar-refractivity contribution in [3.05, 3.63) is 30.2 Å². The Labute approximate surface area is 137 Å². The molecule has 3 rings (SSSR count). The Kier molecular flexibility index (Phi) is 3.80. The average Bonchev–Trinajstić information content (AvgIpc) is 3.13. The Balaban J connectivity index is 1.96. The third-order valence-corrected chi connectivity index (χ3v) is 3.15. The molecule has 0 radical (unpaired) electrons. The molecule has 0 aliphatic heterocycles. The molecule has 2 aromatic heterocycles. The van der Waals surface area contributed by atoms with E-state index in [2.05, 4.69) is 25.7 Å². The number of ether oxygens (including phenoxy) is 1. The molecule has 2 heterocycles. The van der Waals surface area contributed by atoms with Crippen LogP contribution in [0.4, 0.5) is 10.5 Å². The van der Waals surface area contributed by atoms with Crippen LogP contribution in [-0.2, 0) is 11.3 Å². The van der Waals surface area contributed by atoms with Gasteiger partial charge in [0, 0.05) is 11.1 Å². The normalized spacial score (nSPS) is 11.6. The number of fused-ring (bicyclic) bond motifs is 1. The lowest BCUT2D eigenvalue weighted by Gasteiger charge is -2.26. The summed E-state index contributed by atoms with van der Waals surface area (Å²) in [5.74, 6) is 0.346. The van der Waals surface area contributed by atoms with Gasteiger partial charge in [0.05, 0.1) is 12.7 Å². The second-order valence-corrected chi connectivity index (χ2v) is 6.17. The molecule has 1 aromatic carbocycles. The van der Waals surface area contributed by atoms with Crippen LogP contribution in [0.2, 0.25) is 0 Å². The van der Waals surface area contributed by atoms with E-state index in [4.69, 9.17) is 4.74 Å². The van der Waals surface area contributed by atoms with E-state index in [9.17, 15) is 10.0 Å². The molecule has 0 saturated carbocycles. The van der Waals surface area contributed by atoms with E-state index in [1.54, 1.807) is 39.0 Å². The first kappa shape index (κ1) is 15.7. The Morgan fingerprint density at radius 1 is 1.42 bits per heavy atom. The number of nitrogens with one attached hydrogen (secondary N) is 1. The predicted molar refractivity (Wildman–Crippen MR) is 83.5 cm³/mol. The largest absolute Gasteiger partial charge is 0.443 e. The van der Waals surface area contributed by atoms with Crippen molar-refractivity contribution in [2.45, 2.75) is 32.9 Å². The third-order valence-electron chi connectivity index (χ3n) is 3.15. The van der Waals surface area contributed by atoms with E-state index in [-0.39, 0.29) is 6.54 Å². The highest BCUT2D eigenvalue weighted by atomic mass is 16.6. The highest BCUT2D eigenvalue weighted by Crippen LogP contribution is 2.24. The molecule has 0 fully saturated rings. The Morgan fingerprint density at radius 3 is 2.88 bits per heavy atom. The number of tetrazole rings is 1. The molecule has 0 unspecified atom stereocenters. The summed E-state index contributed by atoms with van der Waals surface area (Å²) >= 11 is 0. The first-order valence-corrected chi connectivity index (χ1v) is 7.23. The van der Waals surface area contributed by atoms with Gasteiger partial charge >= 0.3 is 6.09 Å². The number of aromatic nitrogens is 6. The van der Waals surface area contributed by atoms with Gasteiger partial charge in [-0.25, -0.2) is 4.79 Å². The minimum atomic E-state index is -0.646. The molecule has 24 heavy (non-hydrogen) atoms. The van der Waals surface area contributed by atoms with Crippen molar-refractivity contribution in [2.24, 2.45) is 0 Å². The van der Waals surface area contributed by atoms with Crippen molar-refractivity contribution in [2.75, 3.05) is 4.90 Å². The number of hydrogen-bond donors (Lipinski definition) is 2. The van der Waals surface area contributed by atoms with Crippen LogP contribution in [0.25, 0.3) is 10.9 Å². The van der Waals surface area contributed by atoms with Crippen molar-refractivity contribution in [3.8, 4) is 0 Å². The Morgan fingerprint density at radius 2 is 2.21 bits per heavy atom. The smallest absolute Gasteiger partial charge is 0.415 e. The summed E-state index contributed by atoms with van der Waals surface area (Å²) < 4.78 is 5.45. The number of H-pyrrole nitrogens is 1. The zero-order valence-corrected chi connectivity index (χ0v) is 13.5. The highest BCUT2D eigenvalue weighted by molar-refractivity contribution is 5.91. The molecule has 0 aliphatic carbocycles. The van der Waals surface area contributed by atoms with Crippen LogP contribution < -0.4 is 4.90 Å². The van der Waals surface area contributed by atoms with E-state index >= 15 is 0 Å². The number of anilines is 1. The fourth-order valence-corrected chi connectivity index (χ4v) is 2.14. The molecule has 126 valence electrons. The average molecular weight is 331 g/mol. The van der Waals surface area contributed by atoms with E-state index in [0.29, 0.717) is 22.4 Å². The van der Waals surface area contributed by atoms with Gasteiger partial charge in [-0.1, -0.05) is 5.21 Å². The first-order valence-electron chi connectivity index (χ1n) is 7.23. The van der Waals surface area contributed by atoms with Crippen LogP contribution in [0.1, 0.15) is 26.6 Å². The quantitative estimate of drug-likeness (QED) is 0.701. The molecule has 0 atom stereocenters. The van der Waals surface area contributed by atoms with Gasteiger partial charge in [0.2, 0.25) is 0 Å². The maximum atomic E-state index is 12.6. The first-order chi connectivity index (χ1) is 11.3. The van der Waals surface area contributed by atoms with Crippen LogP contribution in [0.15, 0.2) is 24.4 Å². The van der Waals surface area contributed by atoms with Crippen LogP contribution in [0.3, 0.4) is 0 Å². The molecule has 1 amide bonds. The fourth-order valence-electron chi connectivity index (χ4n) is 2.14. The molecule has 2 N–H and O–H groups in total. The maximum absolute atomic E-state index is 12.6. The molecule has 10 heteroatoms. The number of amides is 1. The van der Waals surface area contributed by atoms with Gasteiger partial charge in [-0.3, -0.25) is 4.90 Å². The van der Waals surface area contributed by atoms with E-state index in [1.165, 1.54) is 11.1 Å². The number of carbonyl (C=O) groups excluding carboxylic acids is 1. The van der Waals surface area contributed by atoms with Crippen LogP contribution >= 0.6 is 0 Å². The molecule has 0 bridgehead atoms. The lowest BCUT2D eigenvalue weighted by molar-refractivity contribution is 0.0576. The summed E-state index contributed by atoms with van der Waals surface area (Å²) in [4.78, 5) is 14.7. The summed E-state index contributed by atoms with van der Waals surface area (Å²) in [6, 6.07) is 5.06. The lowest BCUT2D eigenvalue weighted by atomic mass is 10.2. The fraction of sp³-hybridized carbons (Fsp3) is 0.357. The maximum Gasteiger partial charge on any atom is 0.415 e. The van der Waals surface area contributed by atoms with Crippen molar-refractivity contribution in [1.29, 1.82) is 0 Å². The number of nitrogens with zero attached hydrogens (tertiary/aromatic N) is 6. The van der Waals surface area contributed by atoms with Crippen molar-refractivity contribution >= 4 is 22.7 Å². The van der Waals surface area contributed by atoms with Gasteiger partial charge in [-0.15, -0.1) is 20.1 Å². The molecule has 0 spiro atoms. The SMILES string of the molecule is CC(C)(C)OC(=O)N(Cc1nn[nH]n1)c1ccc2c(cnn2O)c1. The standard InChI is InChI=1S/C14H17N7O3/c1-14(2,3)24-13(22)20(8-12-16-18-19-17-12)10-4-5-11-9(6-10)7-15-21(11)23/h4-7,23H,8H2,1-3H3,(H,16,17,18,19). The van der Waals surface area contributed by atoms with Crippen molar-refractivity contribution in [3.63, 3.8) is 0 Å². The lowest BCUT2D eigenvalue weighted by Crippen LogP contribution is -2.36. The summed E-state index contributed by atoms with van der Waals surface area (Å²) in [6.45, 7) is 5.45. The van der Waals surface area contributed by atoms with Crippen LogP contribution in [0, 0.1) is 0 Å². The topological polar surface area (TPSA) is 122 Å². The molecule has 0 aliphatic rings. The van der Waals surface area contributed by atoms with Gasteiger partial charge in [0.15, 0.2) is 5.82 Å².